The van der Waals surface area contributed by atoms with Gasteiger partial charge in [-0.2, -0.15) is 0 Å². The number of nitrogens with one attached hydrogen (secondary N) is 1. The van der Waals surface area contributed by atoms with Gasteiger partial charge in [0, 0.05) is 38.5 Å². The molecule has 1 amide bonds. The molecule has 0 spiro atoms. The van der Waals surface area contributed by atoms with Crippen molar-refractivity contribution in [3.8, 4) is 5.75 Å². The van der Waals surface area contributed by atoms with Crippen molar-refractivity contribution >= 4 is 11.6 Å². The molecule has 0 fully saturated rings. The van der Waals surface area contributed by atoms with E-state index in [9.17, 15) is 20.0 Å². The number of aromatic nitrogens is 2. The number of rotatable bonds is 5. The molecule has 0 aliphatic carbocycles. The molecule has 8 heteroatoms. The molecule has 8 nitrogen and oxygen atoms in total. The van der Waals surface area contributed by atoms with Crippen LogP contribution in [-0.2, 0) is 13.5 Å². The summed E-state index contributed by atoms with van der Waals surface area (Å²) in [7, 11) is 1.84. The zero-order chi connectivity index (χ0) is 15.4. The summed E-state index contributed by atoms with van der Waals surface area (Å²) in [6, 6.07) is 3.82. The van der Waals surface area contributed by atoms with Crippen LogP contribution in [0.25, 0.3) is 0 Å². The summed E-state index contributed by atoms with van der Waals surface area (Å²) in [5.41, 5.74) is -0.615. The Hall–Kier alpha value is -2.90. The number of carbonyl (C=O) groups excluding carboxylic acids is 1. The van der Waals surface area contributed by atoms with Crippen LogP contribution in [0.2, 0.25) is 0 Å². The molecule has 0 saturated heterocycles. The van der Waals surface area contributed by atoms with E-state index in [0.29, 0.717) is 13.0 Å². The minimum absolute atomic E-state index is 0.121. The topological polar surface area (TPSA) is 110 Å². The summed E-state index contributed by atoms with van der Waals surface area (Å²) < 4.78 is 1.83. The first-order valence-corrected chi connectivity index (χ1v) is 6.21. The highest BCUT2D eigenvalue weighted by molar-refractivity contribution is 5.98. The van der Waals surface area contributed by atoms with Crippen LogP contribution in [0.5, 0.6) is 5.75 Å². The van der Waals surface area contributed by atoms with Crippen LogP contribution >= 0.6 is 0 Å². The quantitative estimate of drug-likeness (QED) is 0.630. The van der Waals surface area contributed by atoms with E-state index in [1.165, 1.54) is 12.1 Å². The van der Waals surface area contributed by atoms with E-state index in [4.69, 9.17) is 0 Å². The van der Waals surface area contributed by atoms with Gasteiger partial charge in [0.1, 0.15) is 5.82 Å². The Morgan fingerprint density at radius 2 is 2.29 bits per heavy atom. The lowest BCUT2D eigenvalue weighted by molar-refractivity contribution is -0.385. The highest BCUT2D eigenvalue weighted by Gasteiger charge is 2.20. The number of amides is 1. The third kappa shape index (κ3) is 3.16. The van der Waals surface area contributed by atoms with Gasteiger partial charge in [0.05, 0.1) is 10.5 Å². The number of aromatic hydroxyl groups is 1. The standard InChI is InChI=1S/C13H14N4O4/c1-16-8-7-14-11(16)5-6-15-13(19)9-3-2-4-10(12(9)18)17(20)21/h2-4,7-8,18H,5-6H2,1H3,(H,15,19). The first-order valence-electron chi connectivity index (χ1n) is 6.21. The number of imidazole rings is 1. The van der Waals surface area contributed by atoms with Crippen LogP contribution in [0.3, 0.4) is 0 Å². The van der Waals surface area contributed by atoms with Gasteiger partial charge in [0.2, 0.25) is 5.75 Å². The molecule has 0 unspecified atom stereocenters. The maximum Gasteiger partial charge on any atom is 0.311 e. The van der Waals surface area contributed by atoms with Gasteiger partial charge in [-0.3, -0.25) is 14.9 Å². The fraction of sp³-hybridized carbons (Fsp3) is 0.231. The number of benzene rings is 1. The van der Waals surface area contributed by atoms with Crippen LogP contribution < -0.4 is 5.32 Å². The van der Waals surface area contributed by atoms with Crippen LogP contribution in [0, 0.1) is 10.1 Å². The zero-order valence-corrected chi connectivity index (χ0v) is 11.3. The molecular weight excluding hydrogens is 276 g/mol. The highest BCUT2D eigenvalue weighted by atomic mass is 16.6. The molecule has 21 heavy (non-hydrogen) atoms. The fourth-order valence-electron chi connectivity index (χ4n) is 1.88. The summed E-state index contributed by atoms with van der Waals surface area (Å²) in [5.74, 6) is -0.388. The number of para-hydroxylation sites is 1. The minimum Gasteiger partial charge on any atom is -0.502 e. The van der Waals surface area contributed by atoms with Crippen molar-refractivity contribution in [3.63, 3.8) is 0 Å². The summed E-state index contributed by atoms with van der Waals surface area (Å²) in [6.45, 7) is 0.311. The van der Waals surface area contributed by atoms with Gasteiger partial charge >= 0.3 is 5.69 Å². The molecule has 0 saturated carbocycles. The average molecular weight is 290 g/mol. The van der Waals surface area contributed by atoms with Gasteiger partial charge in [0.15, 0.2) is 0 Å². The molecule has 0 aliphatic rings. The molecule has 0 atom stereocenters. The number of phenolic OH excluding ortho intramolecular Hbond substituents is 1. The van der Waals surface area contributed by atoms with Gasteiger partial charge in [0.25, 0.3) is 5.91 Å². The zero-order valence-electron chi connectivity index (χ0n) is 11.3. The summed E-state index contributed by atoms with van der Waals surface area (Å²) in [4.78, 5) is 26.0. The van der Waals surface area contributed by atoms with E-state index in [1.807, 2.05) is 11.6 Å². The lowest BCUT2D eigenvalue weighted by Gasteiger charge is -2.07. The lowest BCUT2D eigenvalue weighted by Crippen LogP contribution is -2.26. The third-order valence-corrected chi connectivity index (χ3v) is 3.01. The lowest BCUT2D eigenvalue weighted by atomic mass is 10.1. The number of phenols is 1. The molecular formula is C13H14N4O4. The number of aryl methyl sites for hydroxylation is 1. The fourth-order valence-corrected chi connectivity index (χ4v) is 1.88. The van der Waals surface area contributed by atoms with Crippen molar-refractivity contribution in [2.75, 3.05) is 6.54 Å². The van der Waals surface area contributed by atoms with Crippen molar-refractivity contribution in [1.82, 2.24) is 14.9 Å². The van der Waals surface area contributed by atoms with E-state index in [2.05, 4.69) is 10.3 Å². The summed E-state index contributed by atoms with van der Waals surface area (Å²) in [5, 5.41) is 23.0. The Kier molecular flexibility index (Phi) is 4.17. The molecule has 2 N–H and O–H groups in total. The van der Waals surface area contributed by atoms with E-state index in [1.54, 1.807) is 12.4 Å². The molecule has 0 radical (unpaired) electrons. The summed E-state index contributed by atoms with van der Waals surface area (Å²) in [6.07, 6.45) is 3.97. The molecule has 1 aromatic carbocycles. The second-order valence-electron chi connectivity index (χ2n) is 4.39. The highest BCUT2D eigenvalue weighted by Crippen LogP contribution is 2.28. The molecule has 0 aliphatic heterocycles. The SMILES string of the molecule is Cn1ccnc1CCNC(=O)c1cccc([N+](=O)[O-])c1O. The van der Waals surface area contributed by atoms with Crippen molar-refractivity contribution in [2.45, 2.75) is 6.42 Å². The number of nitrogens with zero attached hydrogens (tertiary/aromatic N) is 3. The molecule has 2 aromatic rings. The second-order valence-corrected chi connectivity index (χ2v) is 4.39. The smallest absolute Gasteiger partial charge is 0.311 e. The maximum absolute atomic E-state index is 11.9. The third-order valence-electron chi connectivity index (χ3n) is 3.01. The summed E-state index contributed by atoms with van der Waals surface area (Å²) >= 11 is 0. The van der Waals surface area contributed by atoms with Crippen molar-refractivity contribution in [2.24, 2.45) is 7.05 Å². The molecule has 2 rings (SSSR count). The Morgan fingerprint density at radius 1 is 1.52 bits per heavy atom. The van der Waals surface area contributed by atoms with Crippen molar-refractivity contribution in [1.29, 1.82) is 0 Å². The Labute approximate surface area is 120 Å². The Balaban J connectivity index is 2.02. The van der Waals surface area contributed by atoms with Crippen LogP contribution in [0.4, 0.5) is 5.69 Å². The number of hydrogen-bond donors (Lipinski definition) is 2. The second kappa shape index (κ2) is 6.04. The Morgan fingerprint density at radius 3 is 2.90 bits per heavy atom. The average Bonchev–Trinajstić information content (AvgIpc) is 2.84. The van der Waals surface area contributed by atoms with Crippen LogP contribution in [-0.4, -0.2) is 32.0 Å². The monoisotopic (exact) mass is 290 g/mol. The largest absolute Gasteiger partial charge is 0.502 e. The van der Waals surface area contributed by atoms with Gasteiger partial charge in [-0.1, -0.05) is 6.07 Å². The van der Waals surface area contributed by atoms with Gasteiger partial charge in [-0.25, -0.2) is 4.98 Å². The first kappa shape index (κ1) is 14.5. The van der Waals surface area contributed by atoms with Crippen LogP contribution in [0.15, 0.2) is 30.6 Å². The van der Waals surface area contributed by atoms with E-state index >= 15 is 0 Å². The van der Waals surface area contributed by atoms with Crippen molar-refractivity contribution in [3.05, 3.63) is 52.1 Å². The predicted octanol–water partition coefficient (Wildman–Crippen LogP) is 1.01. The van der Waals surface area contributed by atoms with E-state index in [0.717, 1.165) is 11.9 Å². The van der Waals surface area contributed by atoms with Gasteiger partial charge in [-0.05, 0) is 6.07 Å². The van der Waals surface area contributed by atoms with E-state index in [-0.39, 0.29) is 5.56 Å². The normalized spacial score (nSPS) is 10.3. The number of nitro benzene ring substituents is 1. The maximum atomic E-state index is 11.9. The molecule has 110 valence electrons. The predicted molar refractivity (Wildman–Crippen MR) is 74.0 cm³/mol. The number of hydrogen-bond acceptors (Lipinski definition) is 5. The van der Waals surface area contributed by atoms with Crippen molar-refractivity contribution < 1.29 is 14.8 Å². The number of nitro groups is 1. The van der Waals surface area contributed by atoms with Gasteiger partial charge in [-0.15, -0.1) is 0 Å². The van der Waals surface area contributed by atoms with E-state index < -0.39 is 22.3 Å². The minimum atomic E-state index is -0.736. The molecule has 0 bridgehead atoms. The first-order chi connectivity index (χ1) is 10.0. The molecule has 1 heterocycles. The molecule has 1 aromatic heterocycles. The van der Waals surface area contributed by atoms with Crippen LogP contribution in [0.1, 0.15) is 16.2 Å². The Bertz CT molecular complexity index is 681. The van der Waals surface area contributed by atoms with Gasteiger partial charge < -0.3 is 15.0 Å². The number of carbonyl (C=O) groups is 1.